The van der Waals surface area contributed by atoms with Crippen molar-refractivity contribution in [3.8, 4) is 0 Å². The van der Waals surface area contributed by atoms with Gasteiger partial charge < -0.3 is 4.74 Å². The zero-order chi connectivity index (χ0) is 8.97. The van der Waals surface area contributed by atoms with Gasteiger partial charge in [0.2, 0.25) is 0 Å². The van der Waals surface area contributed by atoms with Crippen molar-refractivity contribution in [2.45, 2.75) is 19.4 Å². The Bertz CT molecular complexity index is 243. The van der Waals surface area contributed by atoms with Crippen molar-refractivity contribution in [3.63, 3.8) is 0 Å². The second kappa shape index (κ2) is 4.63. The maximum atomic E-state index is 5.32. The Hall–Kier alpha value is -0.340. The highest BCUT2D eigenvalue weighted by Crippen LogP contribution is 2.22. The van der Waals surface area contributed by atoms with Crippen LogP contribution in [0.2, 0.25) is 0 Å². The predicted molar refractivity (Wildman–Crippen MR) is 54.2 cm³/mol. The van der Waals surface area contributed by atoms with E-state index in [9.17, 15) is 0 Å². The number of ether oxygens (including phenoxy) is 1. The lowest BCUT2D eigenvalue weighted by atomic mass is 10.1. The summed E-state index contributed by atoms with van der Waals surface area (Å²) in [6.07, 6.45) is 1.23. The summed E-state index contributed by atoms with van der Waals surface area (Å²) in [5.41, 5.74) is 1.23. The second-order valence-corrected chi connectivity index (χ2v) is 3.60. The number of hydrogen-bond acceptors (Lipinski definition) is 1. The van der Waals surface area contributed by atoms with E-state index in [2.05, 4.69) is 35.0 Å². The zero-order valence-corrected chi connectivity index (χ0v) is 8.97. The molecule has 66 valence electrons. The van der Waals surface area contributed by atoms with E-state index in [4.69, 9.17) is 4.74 Å². The lowest BCUT2D eigenvalue weighted by Crippen LogP contribution is -1.98. The van der Waals surface area contributed by atoms with Crippen LogP contribution in [0.1, 0.15) is 25.0 Å². The third kappa shape index (κ3) is 2.32. The molecule has 0 N–H and O–H groups in total. The van der Waals surface area contributed by atoms with E-state index in [0.29, 0.717) is 0 Å². The molecule has 0 fully saturated rings. The molecule has 0 heterocycles. The van der Waals surface area contributed by atoms with Crippen molar-refractivity contribution >= 4 is 15.9 Å². The molecule has 0 spiro atoms. The van der Waals surface area contributed by atoms with Crippen LogP contribution >= 0.6 is 15.9 Å². The van der Waals surface area contributed by atoms with Crippen molar-refractivity contribution in [3.05, 3.63) is 34.3 Å². The fraction of sp³-hybridized carbons (Fsp3) is 0.400. The quantitative estimate of drug-likeness (QED) is 0.770. The summed E-state index contributed by atoms with van der Waals surface area (Å²) in [4.78, 5) is 0. The van der Waals surface area contributed by atoms with Gasteiger partial charge in [0, 0.05) is 11.6 Å². The molecular weight excluding hydrogens is 216 g/mol. The summed E-state index contributed by atoms with van der Waals surface area (Å²) in [5.74, 6) is 0. The van der Waals surface area contributed by atoms with Crippen LogP contribution in [0.25, 0.3) is 0 Å². The average Bonchev–Trinajstić information content (AvgIpc) is 2.07. The molecule has 0 unspecified atom stereocenters. The van der Waals surface area contributed by atoms with Crippen LogP contribution in [0.5, 0.6) is 0 Å². The molecule has 0 aliphatic rings. The summed E-state index contributed by atoms with van der Waals surface area (Å²) in [7, 11) is 1.75. The summed E-state index contributed by atoms with van der Waals surface area (Å²) in [6, 6.07) is 8.23. The van der Waals surface area contributed by atoms with Gasteiger partial charge in [-0.2, -0.15) is 0 Å². The molecule has 0 radical (unpaired) electrons. The molecule has 0 aromatic heterocycles. The molecule has 0 aliphatic carbocycles. The third-order valence-corrected chi connectivity index (χ3v) is 2.37. The molecule has 0 bridgehead atoms. The van der Waals surface area contributed by atoms with Crippen LogP contribution in [-0.2, 0) is 4.74 Å². The number of methoxy groups -OCH3 is 1. The zero-order valence-electron chi connectivity index (χ0n) is 7.38. The minimum Gasteiger partial charge on any atom is -0.377 e. The molecule has 12 heavy (non-hydrogen) atoms. The maximum Gasteiger partial charge on any atom is 0.0818 e. The first kappa shape index (κ1) is 9.75. The Kier molecular flexibility index (Phi) is 3.76. The number of benzene rings is 1. The van der Waals surface area contributed by atoms with Gasteiger partial charge in [-0.1, -0.05) is 35.0 Å². The van der Waals surface area contributed by atoms with Gasteiger partial charge in [-0.05, 0) is 24.1 Å². The molecule has 1 nitrogen and oxygen atoms in total. The van der Waals surface area contributed by atoms with Crippen LogP contribution in [0.15, 0.2) is 28.7 Å². The third-order valence-electron chi connectivity index (χ3n) is 1.88. The standard InChI is InChI=1S/C10H13BrO/c1-3-10(12-2)8-5-4-6-9(11)7-8/h4-7,10H,3H2,1-2H3/t10-/m0/s1. The lowest BCUT2D eigenvalue weighted by molar-refractivity contribution is 0.1000. The molecule has 0 saturated heterocycles. The first-order valence-corrected chi connectivity index (χ1v) is 4.85. The van der Waals surface area contributed by atoms with E-state index in [1.54, 1.807) is 7.11 Å². The van der Waals surface area contributed by atoms with Crippen molar-refractivity contribution < 1.29 is 4.74 Å². The highest BCUT2D eigenvalue weighted by atomic mass is 79.9. The minimum atomic E-state index is 0.225. The summed E-state index contributed by atoms with van der Waals surface area (Å²) >= 11 is 3.43. The van der Waals surface area contributed by atoms with Crippen LogP contribution in [0.4, 0.5) is 0 Å². The molecule has 0 saturated carbocycles. The first-order valence-electron chi connectivity index (χ1n) is 4.06. The van der Waals surface area contributed by atoms with Crippen LogP contribution < -0.4 is 0 Å². The first-order chi connectivity index (χ1) is 5.77. The van der Waals surface area contributed by atoms with Gasteiger partial charge in [-0.25, -0.2) is 0 Å². The van der Waals surface area contributed by atoms with Crippen molar-refractivity contribution in [1.82, 2.24) is 0 Å². The van der Waals surface area contributed by atoms with Crippen LogP contribution in [-0.4, -0.2) is 7.11 Å². The Balaban J connectivity index is 2.85. The molecule has 1 atom stereocenters. The fourth-order valence-electron chi connectivity index (χ4n) is 1.25. The molecule has 1 aromatic carbocycles. The fourth-order valence-corrected chi connectivity index (χ4v) is 1.66. The van der Waals surface area contributed by atoms with Gasteiger partial charge in [-0.15, -0.1) is 0 Å². The number of hydrogen-bond donors (Lipinski definition) is 0. The van der Waals surface area contributed by atoms with Gasteiger partial charge in [0.15, 0.2) is 0 Å². The number of halogens is 1. The SMILES string of the molecule is CC[C@H](OC)c1cccc(Br)c1. The van der Waals surface area contributed by atoms with Gasteiger partial charge in [-0.3, -0.25) is 0 Å². The molecule has 1 rings (SSSR count). The Morgan fingerprint density at radius 3 is 2.75 bits per heavy atom. The van der Waals surface area contributed by atoms with Crippen LogP contribution in [0, 0.1) is 0 Å². The topological polar surface area (TPSA) is 9.23 Å². The summed E-state index contributed by atoms with van der Waals surface area (Å²) in [6.45, 7) is 2.12. The smallest absolute Gasteiger partial charge is 0.0818 e. The summed E-state index contributed by atoms with van der Waals surface area (Å²) in [5, 5.41) is 0. The molecular formula is C10H13BrO. The van der Waals surface area contributed by atoms with Gasteiger partial charge >= 0.3 is 0 Å². The molecule has 0 aliphatic heterocycles. The molecule has 1 aromatic rings. The lowest BCUT2D eigenvalue weighted by Gasteiger charge is -2.13. The van der Waals surface area contributed by atoms with E-state index >= 15 is 0 Å². The predicted octanol–water partition coefficient (Wildman–Crippen LogP) is 3.55. The van der Waals surface area contributed by atoms with Gasteiger partial charge in [0.05, 0.1) is 6.10 Å². The molecule has 0 amide bonds. The highest BCUT2D eigenvalue weighted by molar-refractivity contribution is 9.10. The van der Waals surface area contributed by atoms with Crippen molar-refractivity contribution in [1.29, 1.82) is 0 Å². The van der Waals surface area contributed by atoms with Crippen molar-refractivity contribution in [2.24, 2.45) is 0 Å². The van der Waals surface area contributed by atoms with E-state index < -0.39 is 0 Å². The normalized spacial score (nSPS) is 12.9. The van der Waals surface area contributed by atoms with E-state index in [-0.39, 0.29) is 6.10 Å². The summed E-state index contributed by atoms with van der Waals surface area (Å²) < 4.78 is 6.43. The molecule has 2 heteroatoms. The number of rotatable bonds is 3. The second-order valence-electron chi connectivity index (χ2n) is 2.69. The Morgan fingerprint density at radius 1 is 1.50 bits per heavy atom. The Morgan fingerprint density at radius 2 is 2.25 bits per heavy atom. The van der Waals surface area contributed by atoms with Gasteiger partial charge in [0.1, 0.15) is 0 Å². The van der Waals surface area contributed by atoms with E-state index in [0.717, 1.165) is 10.9 Å². The van der Waals surface area contributed by atoms with E-state index in [1.807, 2.05) is 12.1 Å². The average molecular weight is 229 g/mol. The Labute approximate surface area is 81.9 Å². The van der Waals surface area contributed by atoms with Gasteiger partial charge in [0.25, 0.3) is 0 Å². The van der Waals surface area contributed by atoms with Crippen LogP contribution in [0.3, 0.4) is 0 Å². The minimum absolute atomic E-state index is 0.225. The monoisotopic (exact) mass is 228 g/mol. The van der Waals surface area contributed by atoms with E-state index in [1.165, 1.54) is 5.56 Å². The highest BCUT2D eigenvalue weighted by Gasteiger charge is 2.06. The maximum absolute atomic E-state index is 5.32. The van der Waals surface area contributed by atoms with Crippen molar-refractivity contribution in [2.75, 3.05) is 7.11 Å². The largest absolute Gasteiger partial charge is 0.377 e.